The lowest BCUT2D eigenvalue weighted by molar-refractivity contribution is -0.121. The van der Waals surface area contributed by atoms with Crippen LogP contribution in [0.4, 0.5) is 4.79 Å². The number of likely N-dealkylation sites (tertiary alicyclic amines) is 1. The molecular formula is C13H25N3O2. The van der Waals surface area contributed by atoms with Gasteiger partial charge in [-0.1, -0.05) is 13.8 Å². The molecule has 0 aromatic rings. The highest BCUT2D eigenvalue weighted by Crippen LogP contribution is 2.17. The van der Waals surface area contributed by atoms with Gasteiger partial charge in [-0.05, 0) is 25.2 Å². The predicted octanol–water partition coefficient (Wildman–Crippen LogP) is 1.30. The van der Waals surface area contributed by atoms with Gasteiger partial charge in [0.1, 0.15) is 6.54 Å². The summed E-state index contributed by atoms with van der Waals surface area (Å²) in [6, 6.07) is 0.00681. The maximum absolute atomic E-state index is 12.3. The summed E-state index contributed by atoms with van der Waals surface area (Å²) in [6.45, 7) is 6.66. The highest BCUT2D eigenvalue weighted by atomic mass is 16.2. The van der Waals surface area contributed by atoms with Crippen molar-refractivity contribution in [2.45, 2.75) is 33.1 Å². The van der Waals surface area contributed by atoms with E-state index in [-0.39, 0.29) is 18.5 Å². The van der Waals surface area contributed by atoms with Crippen molar-refractivity contribution in [2.75, 3.05) is 33.2 Å². The summed E-state index contributed by atoms with van der Waals surface area (Å²) >= 11 is 0. The zero-order valence-corrected chi connectivity index (χ0v) is 11.7. The van der Waals surface area contributed by atoms with Crippen molar-refractivity contribution in [2.24, 2.45) is 5.92 Å². The van der Waals surface area contributed by atoms with Gasteiger partial charge in [-0.3, -0.25) is 4.79 Å². The van der Waals surface area contributed by atoms with Crippen LogP contribution >= 0.6 is 0 Å². The van der Waals surface area contributed by atoms with E-state index in [0.717, 1.165) is 32.4 Å². The number of amides is 3. The van der Waals surface area contributed by atoms with Gasteiger partial charge < -0.3 is 15.1 Å². The molecule has 0 unspecified atom stereocenters. The number of carbonyl (C=O) groups excluding carboxylic acids is 2. The lowest BCUT2D eigenvalue weighted by Gasteiger charge is -2.34. The Morgan fingerprint density at radius 3 is 2.44 bits per heavy atom. The van der Waals surface area contributed by atoms with Gasteiger partial charge in [0.05, 0.1) is 0 Å². The summed E-state index contributed by atoms with van der Waals surface area (Å²) in [5.41, 5.74) is 0. The van der Waals surface area contributed by atoms with Gasteiger partial charge >= 0.3 is 6.03 Å². The first kappa shape index (κ1) is 14.8. The van der Waals surface area contributed by atoms with Gasteiger partial charge in [-0.15, -0.1) is 0 Å². The molecule has 5 nitrogen and oxygen atoms in total. The summed E-state index contributed by atoms with van der Waals surface area (Å²) in [6.07, 6.45) is 2.99. The monoisotopic (exact) mass is 255 g/mol. The molecule has 0 aromatic heterocycles. The van der Waals surface area contributed by atoms with Gasteiger partial charge in [0, 0.05) is 26.7 Å². The number of hydrogen-bond acceptors (Lipinski definition) is 2. The molecule has 1 aliphatic heterocycles. The second-order valence-corrected chi connectivity index (χ2v) is 5.05. The molecule has 18 heavy (non-hydrogen) atoms. The first-order valence-electron chi connectivity index (χ1n) is 6.82. The summed E-state index contributed by atoms with van der Waals surface area (Å²) < 4.78 is 0. The molecule has 0 spiro atoms. The molecule has 104 valence electrons. The fourth-order valence-electron chi connectivity index (χ4n) is 2.16. The van der Waals surface area contributed by atoms with Gasteiger partial charge in [0.15, 0.2) is 0 Å². The number of nitrogens with zero attached hydrogens (tertiary/aromatic N) is 2. The Morgan fingerprint density at radius 1 is 1.33 bits per heavy atom. The molecule has 5 heteroatoms. The molecule has 1 heterocycles. The number of hydrogen-bond donors (Lipinski definition) is 1. The highest BCUT2D eigenvalue weighted by molar-refractivity contribution is 5.83. The smallest absolute Gasteiger partial charge is 0.320 e. The molecule has 1 aliphatic rings. The number of likely N-dealkylation sites (N-methyl/N-ethyl adjacent to an activating group) is 1. The molecule has 1 rings (SSSR count). The van der Waals surface area contributed by atoms with E-state index in [4.69, 9.17) is 0 Å². The Bertz CT molecular complexity index is 286. The summed E-state index contributed by atoms with van der Waals surface area (Å²) in [5.74, 6) is 0.592. The average Bonchev–Trinajstić information content (AvgIpc) is 2.38. The molecular weight excluding hydrogens is 230 g/mol. The topological polar surface area (TPSA) is 52.7 Å². The third-order valence-electron chi connectivity index (χ3n) is 3.43. The Labute approximate surface area is 110 Å². The number of nitrogens with one attached hydrogen (secondary N) is 1. The highest BCUT2D eigenvalue weighted by Gasteiger charge is 2.25. The molecule has 1 saturated heterocycles. The molecule has 0 saturated carbocycles. The molecule has 0 bridgehead atoms. The molecule has 0 aromatic carbocycles. The van der Waals surface area contributed by atoms with E-state index in [9.17, 15) is 9.59 Å². The fourth-order valence-corrected chi connectivity index (χ4v) is 2.16. The summed E-state index contributed by atoms with van der Waals surface area (Å²) in [7, 11) is 1.60. The van der Waals surface area contributed by atoms with Crippen LogP contribution in [0.15, 0.2) is 0 Å². The van der Waals surface area contributed by atoms with Crippen LogP contribution in [0, 0.1) is 5.92 Å². The lowest BCUT2D eigenvalue weighted by atomic mass is 9.99. The second-order valence-electron chi connectivity index (χ2n) is 5.05. The fraction of sp³-hybridized carbons (Fsp3) is 0.846. The lowest BCUT2D eigenvalue weighted by Crippen LogP contribution is -2.49. The third-order valence-corrected chi connectivity index (χ3v) is 3.43. The van der Waals surface area contributed by atoms with Crippen LogP contribution in [0.3, 0.4) is 0 Å². The maximum Gasteiger partial charge on any atom is 0.320 e. The van der Waals surface area contributed by atoms with E-state index in [1.54, 1.807) is 11.9 Å². The first-order chi connectivity index (χ1) is 8.58. The second kappa shape index (κ2) is 7.24. The Hall–Kier alpha value is -1.26. The molecule has 0 atom stereocenters. The van der Waals surface area contributed by atoms with Crippen LogP contribution in [0.2, 0.25) is 0 Å². The van der Waals surface area contributed by atoms with Crippen molar-refractivity contribution in [1.82, 2.24) is 15.1 Å². The zero-order valence-electron chi connectivity index (χ0n) is 11.7. The minimum atomic E-state index is -0.109. The van der Waals surface area contributed by atoms with E-state index in [2.05, 4.69) is 12.2 Å². The van der Waals surface area contributed by atoms with Gasteiger partial charge in [0.25, 0.3) is 0 Å². The molecule has 0 aliphatic carbocycles. The first-order valence-corrected chi connectivity index (χ1v) is 6.82. The number of rotatable bonds is 4. The quantitative estimate of drug-likeness (QED) is 0.823. The minimum Gasteiger partial charge on any atom is -0.358 e. The van der Waals surface area contributed by atoms with Crippen molar-refractivity contribution in [3.05, 3.63) is 0 Å². The van der Waals surface area contributed by atoms with Gasteiger partial charge in [-0.2, -0.15) is 0 Å². The van der Waals surface area contributed by atoms with Crippen LogP contribution < -0.4 is 5.32 Å². The molecule has 3 amide bonds. The van der Waals surface area contributed by atoms with E-state index in [1.165, 1.54) is 0 Å². The van der Waals surface area contributed by atoms with Crippen LogP contribution in [0.5, 0.6) is 0 Å². The van der Waals surface area contributed by atoms with Crippen LogP contribution in [0.1, 0.15) is 33.1 Å². The Morgan fingerprint density at radius 2 is 1.94 bits per heavy atom. The van der Waals surface area contributed by atoms with Crippen molar-refractivity contribution < 1.29 is 9.59 Å². The van der Waals surface area contributed by atoms with Crippen molar-refractivity contribution in [3.8, 4) is 0 Å². The number of carbonyl (C=O) groups is 2. The van der Waals surface area contributed by atoms with E-state index < -0.39 is 0 Å². The maximum atomic E-state index is 12.3. The minimum absolute atomic E-state index is 0.00681. The van der Waals surface area contributed by atoms with Crippen LogP contribution in [-0.4, -0.2) is 55.0 Å². The number of urea groups is 1. The third kappa shape index (κ3) is 4.20. The van der Waals surface area contributed by atoms with Gasteiger partial charge in [-0.25, -0.2) is 4.79 Å². The molecule has 0 radical (unpaired) electrons. The predicted molar refractivity (Wildman–Crippen MR) is 71.3 cm³/mol. The Balaban J connectivity index is 2.55. The van der Waals surface area contributed by atoms with E-state index in [0.29, 0.717) is 12.5 Å². The van der Waals surface area contributed by atoms with Crippen LogP contribution in [-0.2, 0) is 4.79 Å². The standard InChI is InChI=1S/C13H25N3O2/c1-4-7-16(10-12(17)14-3)13(18)15-8-5-11(2)6-9-15/h11H,4-10H2,1-3H3,(H,14,17). The normalized spacial score (nSPS) is 16.5. The average molecular weight is 255 g/mol. The Kier molecular flexibility index (Phi) is 5.95. The zero-order chi connectivity index (χ0) is 13.5. The summed E-state index contributed by atoms with van der Waals surface area (Å²) in [5, 5.41) is 2.57. The largest absolute Gasteiger partial charge is 0.358 e. The SMILES string of the molecule is CCCN(CC(=O)NC)C(=O)N1CCC(C)CC1. The van der Waals surface area contributed by atoms with Crippen molar-refractivity contribution >= 4 is 11.9 Å². The number of piperidine rings is 1. The van der Waals surface area contributed by atoms with Crippen molar-refractivity contribution in [1.29, 1.82) is 0 Å². The van der Waals surface area contributed by atoms with E-state index in [1.807, 2.05) is 11.8 Å². The summed E-state index contributed by atoms with van der Waals surface area (Å²) in [4.78, 5) is 27.3. The van der Waals surface area contributed by atoms with Crippen molar-refractivity contribution in [3.63, 3.8) is 0 Å². The van der Waals surface area contributed by atoms with Crippen LogP contribution in [0.25, 0.3) is 0 Å². The van der Waals surface area contributed by atoms with E-state index >= 15 is 0 Å². The molecule has 1 fully saturated rings. The molecule has 1 N–H and O–H groups in total. The van der Waals surface area contributed by atoms with Gasteiger partial charge in [0.2, 0.25) is 5.91 Å².